The molecule has 0 atom stereocenters. The molecule has 0 unspecified atom stereocenters. The second kappa shape index (κ2) is 2.91. The van der Waals surface area contributed by atoms with Gasteiger partial charge in [-0.3, -0.25) is 4.79 Å². The van der Waals surface area contributed by atoms with Gasteiger partial charge >= 0.3 is 5.97 Å². The molecular weight excluding hydrogens is 142 g/mol. The summed E-state index contributed by atoms with van der Waals surface area (Å²) in [5.41, 5.74) is -0.700. The number of carbonyl (C=O) groups is 1. The maximum Gasteiger partial charge on any atom is 0.310 e. The normalized spacial score (nSPS) is 21.0. The fourth-order valence-electron chi connectivity index (χ4n) is 1.67. The van der Waals surface area contributed by atoms with Gasteiger partial charge in [0.2, 0.25) is 0 Å². The molecule has 0 saturated heterocycles. The van der Waals surface area contributed by atoms with Crippen LogP contribution in [0.4, 0.5) is 0 Å². The van der Waals surface area contributed by atoms with E-state index in [4.69, 9.17) is 10.4 Å². The topological polar surface area (TPSA) is 61.1 Å². The quantitative estimate of drug-likeness (QED) is 0.654. The van der Waals surface area contributed by atoms with Gasteiger partial charge in [-0.1, -0.05) is 12.8 Å². The van der Waals surface area contributed by atoms with E-state index in [2.05, 4.69) is 0 Å². The monoisotopic (exact) mass is 153 g/mol. The Kier molecular flexibility index (Phi) is 2.13. The minimum Gasteiger partial charge on any atom is -0.481 e. The minimum atomic E-state index is -0.795. The zero-order chi connectivity index (χ0) is 8.32. The number of hydrogen-bond acceptors (Lipinski definition) is 2. The van der Waals surface area contributed by atoms with Crippen LogP contribution in [0.1, 0.15) is 32.1 Å². The average molecular weight is 153 g/mol. The van der Waals surface area contributed by atoms with Crippen molar-refractivity contribution in [3.8, 4) is 6.07 Å². The Morgan fingerprint density at radius 3 is 2.45 bits per heavy atom. The van der Waals surface area contributed by atoms with E-state index in [9.17, 15) is 4.79 Å². The lowest BCUT2D eigenvalue weighted by Crippen LogP contribution is -2.26. The molecule has 1 saturated carbocycles. The van der Waals surface area contributed by atoms with E-state index in [1.165, 1.54) is 0 Å². The Balaban J connectivity index is 2.72. The summed E-state index contributed by atoms with van der Waals surface area (Å²) in [6.45, 7) is 0. The number of carboxylic acid groups (broad SMARTS) is 1. The van der Waals surface area contributed by atoms with Crippen LogP contribution < -0.4 is 0 Å². The van der Waals surface area contributed by atoms with E-state index in [0.717, 1.165) is 12.8 Å². The fourth-order valence-corrected chi connectivity index (χ4v) is 1.67. The van der Waals surface area contributed by atoms with Gasteiger partial charge in [0, 0.05) is 0 Å². The second-order valence-electron chi connectivity index (χ2n) is 3.13. The van der Waals surface area contributed by atoms with E-state index in [0.29, 0.717) is 12.8 Å². The Labute approximate surface area is 65.6 Å². The third-order valence-corrected chi connectivity index (χ3v) is 2.43. The van der Waals surface area contributed by atoms with Crippen molar-refractivity contribution in [2.24, 2.45) is 5.41 Å². The highest BCUT2D eigenvalue weighted by Gasteiger charge is 2.40. The molecule has 1 fully saturated rings. The molecule has 0 aliphatic heterocycles. The third kappa shape index (κ3) is 1.35. The van der Waals surface area contributed by atoms with Gasteiger partial charge in [0.25, 0.3) is 0 Å². The number of rotatable bonds is 2. The molecule has 3 heteroatoms. The number of nitrogens with zero attached hydrogens (tertiary/aromatic N) is 1. The van der Waals surface area contributed by atoms with Crippen LogP contribution in [-0.4, -0.2) is 11.1 Å². The zero-order valence-electron chi connectivity index (χ0n) is 6.34. The van der Waals surface area contributed by atoms with Gasteiger partial charge in [0.1, 0.15) is 0 Å². The van der Waals surface area contributed by atoms with Crippen molar-refractivity contribution in [2.45, 2.75) is 32.1 Å². The van der Waals surface area contributed by atoms with E-state index < -0.39 is 11.4 Å². The molecule has 1 N–H and O–H groups in total. The van der Waals surface area contributed by atoms with Crippen LogP contribution in [0, 0.1) is 16.7 Å². The van der Waals surface area contributed by atoms with Crippen molar-refractivity contribution in [1.82, 2.24) is 0 Å². The summed E-state index contributed by atoms with van der Waals surface area (Å²) in [5.74, 6) is -0.795. The number of aliphatic carboxylic acids is 1. The first kappa shape index (κ1) is 8.06. The van der Waals surface area contributed by atoms with Crippen molar-refractivity contribution < 1.29 is 9.90 Å². The van der Waals surface area contributed by atoms with Crippen molar-refractivity contribution in [2.75, 3.05) is 0 Å². The van der Waals surface area contributed by atoms with Crippen molar-refractivity contribution in [3.05, 3.63) is 0 Å². The molecule has 1 rings (SSSR count). The average Bonchev–Trinajstić information content (AvgIpc) is 2.38. The van der Waals surface area contributed by atoms with E-state index >= 15 is 0 Å². The molecule has 0 spiro atoms. The van der Waals surface area contributed by atoms with Crippen molar-refractivity contribution >= 4 is 5.97 Å². The third-order valence-electron chi connectivity index (χ3n) is 2.43. The van der Waals surface area contributed by atoms with Crippen LogP contribution in [0.15, 0.2) is 0 Å². The summed E-state index contributed by atoms with van der Waals surface area (Å²) in [4.78, 5) is 10.8. The summed E-state index contributed by atoms with van der Waals surface area (Å²) in [6, 6.07) is 1.95. The van der Waals surface area contributed by atoms with Gasteiger partial charge in [-0.15, -0.1) is 0 Å². The lowest BCUT2D eigenvalue weighted by atomic mass is 9.83. The summed E-state index contributed by atoms with van der Waals surface area (Å²) in [7, 11) is 0. The molecule has 11 heavy (non-hydrogen) atoms. The summed E-state index contributed by atoms with van der Waals surface area (Å²) in [6.07, 6.45) is 3.43. The first-order valence-electron chi connectivity index (χ1n) is 3.82. The molecule has 3 nitrogen and oxygen atoms in total. The van der Waals surface area contributed by atoms with Crippen molar-refractivity contribution in [1.29, 1.82) is 5.26 Å². The van der Waals surface area contributed by atoms with Crippen LogP contribution in [-0.2, 0) is 4.79 Å². The molecule has 0 aromatic rings. The van der Waals surface area contributed by atoms with Gasteiger partial charge in [0.15, 0.2) is 0 Å². The maximum absolute atomic E-state index is 10.8. The summed E-state index contributed by atoms with van der Waals surface area (Å²) < 4.78 is 0. The second-order valence-corrected chi connectivity index (χ2v) is 3.13. The predicted octanol–water partition coefficient (Wildman–Crippen LogP) is 1.55. The molecule has 1 aliphatic carbocycles. The summed E-state index contributed by atoms with van der Waals surface area (Å²) >= 11 is 0. The Hall–Kier alpha value is -1.04. The molecule has 60 valence electrons. The standard InChI is InChI=1S/C8H11NO2/c9-6-5-8(7(10)11)3-1-2-4-8/h1-5H2,(H,10,11). The lowest BCUT2D eigenvalue weighted by Gasteiger charge is -2.18. The first-order chi connectivity index (χ1) is 5.21. The van der Waals surface area contributed by atoms with Crippen molar-refractivity contribution in [3.63, 3.8) is 0 Å². The van der Waals surface area contributed by atoms with Gasteiger partial charge in [0.05, 0.1) is 17.9 Å². The molecule has 0 bridgehead atoms. The number of nitriles is 1. The molecule has 0 aromatic heterocycles. The predicted molar refractivity (Wildman–Crippen MR) is 38.8 cm³/mol. The molecule has 0 aromatic carbocycles. The Morgan fingerprint density at radius 1 is 1.55 bits per heavy atom. The van der Waals surface area contributed by atoms with E-state index in [1.54, 1.807) is 0 Å². The van der Waals surface area contributed by atoms with Crippen LogP contribution in [0.5, 0.6) is 0 Å². The molecule has 0 radical (unpaired) electrons. The highest BCUT2D eigenvalue weighted by atomic mass is 16.4. The van der Waals surface area contributed by atoms with Gasteiger partial charge in [-0.2, -0.15) is 5.26 Å². The Morgan fingerprint density at radius 2 is 2.09 bits per heavy atom. The van der Waals surface area contributed by atoms with Crippen LogP contribution in [0.3, 0.4) is 0 Å². The Bertz CT molecular complexity index is 199. The van der Waals surface area contributed by atoms with Gasteiger partial charge in [-0.25, -0.2) is 0 Å². The highest BCUT2D eigenvalue weighted by Crippen LogP contribution is 2.40. The largest absolute Gasteiger partial charge is 0.481 e. The smallest absolute Gasteiger partial charge is 0.310 e. The number of hydrogen-bond donors (Lipinski definition) is 1. The molecule has 0 heterocycles. The molecular formula is C8H11NO2. The molecule has 0 amide bonds. The van der Waals surface area contributed by atoms with Crippen LogP contribution in [0.25, 0.3) is 0 Å². The van der Waals surface area contributed by atoms with Crippen LogP contribution >= 0.6 is 0 Å². The van der Waals surface area contributed by atoms with Crippen LogP contribution in [0.2, 0.25) is 0 Å². The zero-order valence-corrected chi connectivity index (χ0v) is 6.34. The SMILES string of the molecule is N#CCC1(C(=O)O)CCCC1. The first-order valence-corrected chi connectivity index (χ1v) is 3.82. The van der Waals surface area contributed by atoms with E-state index in [1.807, 2.05) is 6.07 Å². The lowest BCUT2D eigenvalue weighted by molar-refractivity contribution is -0.148. The minimum absolute atomic E-state index is 0.169. The van der Waals surface area contributed by atoms with Gasteiger partial charge < -0.3 is 5.11 Å². The summed E-state index contributed by atoms with van der Waals surface area (Å²) in [5, 5.41) is 17.3. The maximum atomic E-state index is 10.8. The van der Waals surface area contributed by atoms with E-state index in [-0.39, 0.29) is 6.42 Å². The fraction of sp³-hybridized carbons (Fsp3) is 0.750. The number of carboxylic acids is 1. The molecule has 1 aliphatic rings. The van der Waals surface area contributed by atoms with Gasteiger partial charge in [-0.05, 0) is 12.8 Å². The highest BCUT2D eigenvalue weighted by molar-refractivity contribution is 5.75.